The van der Waals surface area contributed by atoms with Crippen LogP contribution >= 0.6 is 15.9 Å². The summed E-state index contributed by atoms with van der Waals surface area (Å²) in [6.07, 6.45) is 0. The van der Waals surface area contributed by atoms with Gasteiger partial charge in [0.25, 0.3) is 0 Å². The van der Waals surface area contributed by atoms with Crippen LogP contribution in [0.3, 0.4) is 0 Å². The summed E-state index contributed by atoms with van der Waals surface area (Å²) in [6, 6.07) is 9.44. The zero-order valence-electron chi connectivity index (χ0n) is 10.6. The molecule has 0 bridgehead atoms. The van der Waals surface area contributed by atoms with Crippen LogP contribution in [0.5, 0.6) is 11.5 Å². The van der Waals surface area contributed by atoms with Crippen molar-refractivity contribution < 1.29 is 14.3 Å². The molecule has 0 aromatic heterocycles. The van der Waals surface area contributed by atoms with E-state index in [0.29, 0.717) is 5.75 Å². The first kappa shape index (κ1) is 14.3. The highest BCUT2D eigenvalue weighted by atomic mass is 79.9. The largest absolute Gasteiger partial charge is 0.454 e. The van der Waals surface area contributed by atoms with Crippen LogP contribution in [0.25, 0.3) is 0 Å². The van der Waals surface area contributed by atoms with Gasteiger partial charge in [-0.25, -0.2) is 4.39 Å². The molecule has 0 aliphatic heterocycles. The summed E-state index contributed by atoms with van der Waals surface area (Å²) in [4.78, 5) is 0. The third-order valence-electron chi connectivity index (χ3n) is 2.69. The molecule has 3 N–H and O–H groups in total. The molecule has 0 atom stereocenters. The molecule has 0 aliphatic rings. The first-order valence-corrected chi connectivity index (χ1v) is 6.52. The second-order valence-electron chi connectivity index (χ2n) is 4.14. The number of rotatable bonds is 3. The van der Waals surface area contributed by atoms with Gasteiger partial charge >= 0.3 is 0 Å². The van der Waals surface area contributed by atoms with Crippen molar-refractivity contribution in [2.45, 2.75) is 6.92 Å². The predicted octanol–water partition coefficient (Wildman–Crippen LogP) is 3.78. The number of aryl methyl sites for hydroxylation is 1. The van der Waals surface area contributed by atoms with Crippen LogP contribution in [0, 0.1) is 12.7 Å². The molecule has 0 fully saturated rings. The minimum Gasteiger partial charge on any atom is -0.454 e. The number of hydrogen-bond donors (Lipinski definition) is 2. The minimum atomic E-state index is -0.588. The number of benzene rings is 2. The number of nitrogens with zero attached hydrogens (tertiary/aromatic N) is 1. The van der Waals surface area contributed by atoms with E-state index < -0.39 is 5.82 Å². The topological polar surface area (TPSA) is 67.8 Å². The highest BCUT2D eigenvalue weighted by Crippen LogP contribution is 2.28. The number of oxime groups is 1. The zero-order valence-corrected chi connectivity index (χ0v) is 12.2. The second kappa shape index (κ2) is 5.92. The Morgan fingerprint density at radius 1 is 1.30 bits per heavy atom. The fourth-order valence-corrected chi connectivity index (χ4v) is 1.85. The Labute approximate surface area is 123 Å². The maximum Gasteiger partial charge on any atom is 0.170 e. The van der Waals surface area contributed by atoms with E-state index in [1.165, 1.54) is 12.1 Å². The Morgan fingerprint density at radius 3 is 2.65 bits per heavy atom. The average molecular weight is 339 g/mol. The molecule has 0 saturated carbocycles. The molecule has 0 saturated heterocycles. The summed E-state index contributed by atoms with van der Waals surface area (Å²) in [5.74, 6) is -0.146. The third-order valence-corrected chi connectivity index (χ3v) is 3.58. The summed E-state index contributed by atoms with van der Waals surface area (Å²) in [5.41, 5.74) is 6.65. The van der Waals surface area contributed by atoms with Crippen LogP contribution in [0.2, 0.25) is 0 Å². The van der Waals surface area contributed by atoms with E-state index in [1.54, 1.807) is 12.1 Å². The first-order chi connectivity index (χ1) is 9.51. The molecule has 2 aromatic carbocycles. The number of hydrogen-bond acceptors (Lipinski definition) is 3. The molecule has 0 heterocycles. The van der Waals surface area contributed by atoms with Gasteiger partial charge in [0.2, 0.25) is 0 Å². The van der Waals surface area contributed by atoms with E-state index in [-0.39, 0.29) is 17.1 Å². The second-order valence-corrected chi connectivity index (χ2v) is 5.00. The molecular formula is C14H12BrFN2O2. The SMILES string of the molecule is Cc1cc(Oc2ccc(/C(N)=N/O)cc2F)ccc1Br. The fraction of sp³-hybridized carbons (Fsp3) is 0.0714. The van der Waals surface area contributed by atoms with Gasteiger partial charge in [-0.05, 0) is 48.9 Å². The summed E-state index contributed by atoms with van der Waals surface area (Å²) in [7, 11) is 0. The van der Waals surface area contributed by atoms with E-state index in [0.717, 1.165) is 16.1 Å². The van der Waals surface area contributed by atoms with Gasteiger partial charge < -0.3 is 15.7 Å². The third kappa shape index (κ3) is 3.08. The van der Waals surface area contributed by atoms with Crippen molar-refractivity contribution in [3.05, 3.63) is 57.8 Å². The highest BCUT2D eigenvalue weighted by Gasteiger charge is 2.09. The Kier molecular flexibility index (Phi) is 4.24. The lowest BCUT2D eigenvalue weighted by Gasteiger charge is -2.09. The summed E-state index contributed by atoms with van der Waals surface area (Å²) >= 11 is 3.38. The van der Waals surface area contributed by atoms with Crippen LogP contribution in [-0.2, 0) is 0 Å². The minimum absolute atomic E-state index is 0.0706. The zero-order chi connectivity index (χ0) is 14.7. The summed E-state index contributed by atoms with van der Waals surface area (Å²) in [6.45, 7) is 1.91. The lowest BCUT2D eigenvalue weighted by molar-refractivity contribution is 0.318. The fourth-order valence-electron chi connectivity index (χ4n) is 1.61. The number of nitrogens with two attached hydrogens (primary N) is 1. The number of halogens is 2. The lowest BCUT2D eigenvalue weighted by atomic mass is 10.2. The maximum absolute atomic E-state index is 13.9. The molecule has 4 nitrogen and oxygen atoms in total. The van der Waals surface area contributed by atoms with E-state index in [1.807, 2.05) is 13.0 Å². The molecule has 2 rings (SSSR count). The number of amidine groups is 1. The van der Waals surface area contributed by atoms with E-state index in [4.69, 9.17) is 15.7 Å². The molecule has 0 unspecified atom stereocenters. The summed E-state index contributed by atoms with van der Waals surface area (Å²) < 4.78 is 20.3. The smallest absolute Gasteiger partial charge is 0.170 e. The van der Waals surface area contributed by atoms with Gasteiger partial charge in [-0.1, -0.05) is 21.1 Å². The van der Waals surface area contributed by atoms with E-state index in [9.17, 15) is 4.39 Å². The molecule has 6 heteroatoms. The quantitative estimate of drug-likeness (QED) is 0.387. The lowest BCUT2D eigenvalue weighted by Crippen LogP contribution is -2.13. The Balaban J connectivity index is 2.28. The maximum atomic E-state index is 13.9. The van der Waals surface area contributed by atoms with Gasteiger partial charge in [-0.2, -0.15) is 0 Å². The van der Waals surface area contributed by atoms with Gasteiger partial charge in [0, 0.05) is 10.0 Å². The average Bonchev–Trinajstić information content (AvgIpc) is 2.44. The standard InChI is InChI=1S/C14H12BrFN2O2/c1-8-6-10(3-4-11(8)15)20-13-5-2-9(7-12(13)16)14(17)18-19/h2-7,19H,1H3,(H2,17,18). The molecule has 0 radical (unpaired) electrons. The van der Waals surface area contributed by atoms with Gasteiger partial charge in [0.15, 0.2) is 17.4 Å². The van der Waals surface area contributed by atoms with Crippen molar-refractivity contribution in [3.63, 3.8) is 0 Å². The van der Waals surface area contributed by atoms with Crippen LogP contribution in [0.15, 0.2) is 46.0 Å². The van der Waals surface area contributed by atoms with E-state index >= 15 is 0 Å². The van der Waals surface area contributed by atoms with E-state index in [2.05, 4.69) is 21.1 Å². The summed E-state index contributed by atoms with van der Waals surface area (Å²) in [5, 5.41) is 11.4. The van der Waals surface area contributed by atoms with Gasteiger partial charge in [-0.3, -0.25) is 0 Å². The van der Waals surface area contributed by atoms with Gasteiger partial charge in [0.1, 0.15) is 5.75 Å². The molecule has 0 amide bonds. The van der Waals surface area contributed by atoms with Crippen LogP contribution in [-0.4, -0.2) is 11.0 Å². The first-order valence-electron chi connectivity index (χ1n) is 5.72. The van der Waals surface area contributed by atoms with Crippen molar-refractivity contribution in [3.8, 4) is 11.5 Å². The molecule has 20 heavy (non-hydrogen) atoms. The van der Waals surface area contributed by atoms with Crippen molar-refractivity contribution in [2.75, 3.05) is 0 Å². The molecule has 2 aromatic rings. The molecule has 104 valence electrons. The predicted molar refractivity (Wildman–Crippen MR) is 77.9 cm³/mol. The number of ether oxygens (including phenoxy) is 1. The Bertz CT molecular complexity index is 674. The molecule has 0 spiro atoms. The van der Waals surface area contributed by atoms with Crippen molar-refractivity contribution in [2.24, 2.45) is 10.9 Å². The van der Waals surface area contributed by atoms with Crippen molar-refractivity contribution >= 4 is 21.8 Å². The van der Waals surface area contributed by atoms with Crippen molar-refractivity contribution in [1.82, 2.24) is 0 Å². The normalized spacial score (nSPS) is 11.4. The van der Waals surface area contributed by atoms with Gasteiger partial charge in [-0.15, -0.1) is 0 Å². The Morgan fingerprint density at radius 2 is 2.05 bits per heavy atom. The van der Waals surface area contributed by atoms with Crippen LogP contribution in [0.4, 0.5) is 4.39 Å². The van der Waals surface area contributed by atoms with Crippen LogP contribution < -0.4 is 10.5 Å². The Hall–Kier alpha value is -2.08. The van der Waals surface area contributed by atoms with Gasteiger partial charge in [0.05, 0.1) is 0 Å². The van der Waals surface area contributed by atoms with Crippen molar-refractivity contribution in [1.29, 1.82) is 0 Å². The monoisotopic (exact) mass is 338 g/mol. The highest BCUT2D eigenvalue weighted by molar-refractivity contribution is 9.10. The molecule has 0 aliphatic carbocycles. The molecular weight excluding hydrogens is 327 g/mol. The van der Waals surface area contributed by atoms with Crippen LogP contribution in [0.1, 0.15) is 11.1 Å².